The number of hydrogen-bond acceptors (Lipinski definition) is 5. The Hall–Kier alpha value is -2.18. The number of benzene rings is 1. The van der Waals surface area contributed by atoms with Gasteiger partial charge < -0.3 is 4.42 Å². The van der Waals surface area contributed by atoms with E-state index < -0.39 is 5.63 Å². The molecule has 0 saturated heterocycles. The lowest BCUT2D eigenvalue weighted by Crippen LogP contribution is -2.17. The van der Waals surface area contributed by atoms with Crippen molar-refractivity contribution in [2.24, 2.45) is 0 Å². The molecule has 2 aromatic heterocycles. The van der Waals surface area contributed by atoms with Crippen LogP contribution in [0.5, 0.6) is 0 Å². The lowest BCUT2D eigenvalue weighted by molar-refractivity contribution is 0.102. The zero-order valence-corrected chi connectivity index (χ0v) is 13.3. The zero-order chi connectivity index (χ0) is 15.9. The van der Waals surface area contributed by atoms with Crippen molar-refractivity contribution < 1.29 is 9.21 Å². The van der Waals surface area contributed by atoms with Gasteiger partial charge in [0.1, 0.15) is 5.76 Å². The summed E-state index contributed by atoms with van der Waals surface area (Å²) in [7, 11) is 0. The summed E-state index contributed by atoms with van der Waals surface area (Å²) < 4.78 is 5.86. The third kappa shape index (κ3) is 2.75. The van der Waals surface area contributed by atoms with Crippen molar-refractivity contribution in [1.82, 2.24) is 4.98 Å². The molecule has 0 bridgehead atoms. The van der Waals surface area contributed by atoms with Crippen molar-refractivity contribution in [3.05, 3.63) is 56.6 Å². The molecule has 0 saturated carbocycles. The van der Waals surface area contributed by atoms with Gasteiger partial charge >= 0.3 is 5.63 Å². The molecule has 3 aromatic rings. The summed E-state index contributed by atoms with van der Waals surface area (Å²) in [5, 5.41) is 3.81. The van der Waals surface area contributed by atoms with Gasteiger partial charge in [-0.15, -0.1) is 0 Å². The van der Waals surface area contributed by atoms with Crippen LogP contribution in [0.2, 0.25) is 5.02 Å². The van der Waals surface area contributed by atoms with E-state index in [1.165, 1.54) is 17.4 Å². The fraction of sp³-hybridized carbons (Fsp3) is 0.133. The van der Waals surface area contributed by atoms with Gasteiger partial charge in [0.2, 0.25) is 0 Å². The number of nitrogens with one attached hydrogen (secondary N) is 1. The second-order valence-corrected chi connectivity index (χ2v) is 6.23. The van der Waals surface area contributed by atoms with E-state index in [2.05, 4.69) is 10.3 Å². The Labute approximate surface area is 134 Å². The molecule has 0 aliphatic carbocycles. The molecule has 0 fully saturated rings. The van der Waals surface area contributed by atoms with Gasteiger partial charge in [0.25, 0.3) is 5.91 Å². The summed E-state index contributed by atoms with van der Waals surface area (Å²) in [5.41, 5.74) is 1.20. The van der Waals surface area contributed by atoms with Crippen LogP contribution in [-0.2, 0) is 0 Å². The average molecular weight is 335 g/mol. The first-order chi connectivity index (χ1) is 10.4. The van der Waals surface area contributed by atoms with E-state index in [0.29, 0.717) is 21.3 Å². The molecule has 5 nitrogen and oxygen atoms in total. The van der Waals surface area contributed by atoms with Gasteiger partial charge in [0.05, 0.1) is 15.8 Å². The first kappa shape index (κ1) is 14.7. The fourth-order valence-electron chi connectivity index (χ4n) is 2.21. The van der Waals surface area contributed by atoms with Crippen LogP contribution < -0.4 is 10.9 Å². The number of carbonyl (C=O) groups excluding carboxylic acids is 1. The number of aryl methyl sites for hydroxylation is 2. The highest BCUT2D eigenvalue weighted by Gasteiger charge is 2.17. The van der Waals surface area contributed by atoms with Crippen LogP contribution in [0.15, 0.2) is 33.5 Å². The number of aromatic nitrogens is 1. The lowest BCUT2D eigenvalue weighted by atomic mass is 10.1. The lowest BCUT2D eigenvalue weighted by Gasteiger charge is -2.06. The molecular formula is C15H11ClN2O3S. The predicted molar refractivity (Wildman–Crippen MR) is 87.0 cm³/mol. The molecule has 1 amide bonds. The second-order valence-electron chi connectivity index (χ2n) is 4.76. The normalized spacial score (nSPS) is 10.9. The Bertz CT molecular complexity index is 919. The van der Waals surface area contributed by atoms with Gasteiger partial charge in [-0.2, -0.15) is 0 Å². The highest BCUT2D eigenvalue weighted by Crippen LogP contribution is 2.28. The van der Waals surface area contributed by atoms with Crippen LogP contribution in [0.4, 0.5) is 5.13 Å². The number of thiazole rings is 1. The number of anilines is 1. The van der Waals surface area contributed by atoms with Gasteiger partial charge in [-0.25, -0.2) is 9.78 Å². The number of amides is 1. The molecule has 1 N–H and O–H groups in total. The van der Waals surface area contributed by atoms with Crippen LogP contribution in [0.3, 0.4) is 0 Å². The van der Waals surface area contributed by atoms with Gasteiger partial charge in [0, 0.05) is 11.1 Å². The predicted octanol–water partition coefficient (Wildman–Crippen LogP) is 3.77. The Morgan fingerprint density at radius 3 is 2.82 bits per heavy atom. The van der Waals surface area contributed by atoms with E-state index in [1.54, 1.807) is 32.0 Å². The van der Waals surface area contributed by atoms with E-state index in [9.17, 15) is 9.59 Å². The van der Waals surface area contributed by atoms with E-state index >= 15 is 0 Å². The molecule has 7 heteroatoms. The molecular weight excluding hydrogens is 324 g/mol. The monoisotopic (exact) mass is 334 g/mol. The maximum atomic E-state index is 12.4. The van der Waals surface area contributed by atoms with Gasteiger partial charge in [0.15, 0.2) is 5.13 Å². The summed E-state index contributed by atoms with van der Waals surface area (Å²) in [6, 6.07) is 6.62. The maximum Gasteiger partial charge on any atom is 0.336 e. The number of halogens is 1. The minimum Gasteiger partial charge on any atom is -0.427 e. The first-order valence-corrected chi connectivity index (χ1v) is 7.62. The molecule has 3 rings (SSSR count). The molecule has 0 unspecified atom stereocenters. The number of nitrogens with zero attached hydrogens (tertiary/aromatic N) is 1. The number of carbonyl (C=O) groups is 1. The minimum atomic E-state index is -0.471. The highest BCUT2D eigenvalue weighted by atomic mass is 35.5. The zero-order valence-electron chi connectivity index (χ0n) is 11.8. The topological polar surface area (TPSA) is 72.2 Å². The van der Waals surface area contributed by atoms with Crippen molar-refractivity contribution >= 4 is 44.2 Å². The number of rotatable bonds is 2. The molecule has 22 heavy (non-hydrogen) atoms. The summed E-state index contributed by atoms with van der Waals surface area (Å²) in [4.78, 5) is 28.0. The van der Waals surface area contributed by atoms with E-state index in [-0.39, 0.29) is 11.7 Å². The van der Waals surface area contributed by atoms with Crippen molar-refractivity contribution in [1.29, 1.82) is 0 Å². The van der Waals surface area contributed by atoms with Crippen molar-refractivity contribution in [3.63, 3.8) is 0 Å². The Morgan fingerprint density at radius 1 is 1.32 bits per heavy atom. The average Bonchev–Trinajstić information content (AvgIpc) is 2.78. The van der Waals surface area contributed by atoms with Gasteiger partial charge in [-0.1, -0.05) is 22.9 Å². The van der Waals surface area contributed by atoms with Crippen molar-refractivity contribution in [3.8, 4) is 0 Å². The van der Waals surface area contributed by atoms with Crippen LogP contribution >= 0.6 is 22.9 Å². The molecule has 0 aliphatic rings. The summed E-state index contributed by atoms with van der Waals surface area (Å²) in [5.74, 6) is -0.0736. The Morgan fingerprint density at radius 2 is 2.09 bits per heavy atom. The van der Waals surface area contributed by atoms with E-state index in [4.69, 9.17) is 16.0 Å². The minimum absolute atomic E-state index is 0.284. The first-order valence-electron chi connectivity index (χ1n) is 6.43. The fourth-order valence-corrected chi connectivity index (χ4v) is 3.35. The third-order valence-corrected chi connectivity index (χ3v) is 4.30. The van der Waals surface area contributed by atoms with Crippen LogP contribution in [-0.4, -0.2) is 10.9 Å². The third-order valence-electron chi connectivity index (χ3n) is 3.13. The van der Waals surface area contributed by atoms with Crippen LogP contribution in [0.1, 0.15) is 21.7 Å². The molecule has 0 aliphatic heterocycles. The van der Waals surface area contributed by atoms with E-state index in [1.807, 2.05) is 0 Å². The summed E-state index contributed by atoms with van der Waals surface area (Å²) in [6.07, 6.45) is 0. The SMILES string of the molecule is Cc1cc(=O)oc(C)c1C(=O)Nc1nc2ccc(Cl)cc2s1. The standard InChI is InChI=1S/C15H11ClN2O3S/c1-7-5-12(19)21-8(2)13(7)14(20)18-15-17-10-4-3-9(16)6-11(10)22-15/h3-6H,1-2H3,(H,17,18,20). The molecule has 0 spiro atoms. The molecule has 2 heterocycles. The highest BCUT2D eigenvalue weighted by molar-refractivity contribution is 7.22. The van der Waals surface area contributed by atoms with Crippen molar-refractivity contribution in [2.45, 2.75) is 13.8 Å². The Kier molecular flexibility index (Phi) is 3.72. The Balaban J connectivity index is 1.95. The number of hydrogen-bond donors (Lipinski definition) is 1. The smallest absolute Gasteiger partial charge is 0.336 e. The molecule has 1 aromatic carbocycles. The van der Waals surface area contributed by atoms with E-state index in [0.717, 1.165) is 10.2 Å². The van der Waals surface area contributed by atoms with Gasteiger partial charge in [-0.3, -0.25) is 10.1 Å². The summed E-state index contributed by atoms with van der Waals surface area (Å²) in [6.45, 7) is 3.28. The maximum absolute atomic E-state index is 12.4. The van der Waals surface area contributed by atoms with Crippen molar-refractivity contribution in [2.75, 3.05) is 5.32 Å². The number of fused-ring (bicyclic) bond motifs is 1. The largest absolute Gasteiger partial charge is 0.427 e. The molecule has 112 valence electrons. The quantitative estimate of drug-likeness (QED) is 0.774. The van der Waals surface area contributed by atoms with Crippen LogP contribution in [0.25, 0.3) is 10.2 Å². The molecule has 0 radical (unpaired) electrons. The summed E-state index contributed by atoms with van der Waals surface area (Å²) >= 11 is 7.26. The van der Waals surface area contributed by atoms with Gasteiger partial charge in [-0.05, 0) is 37.6 Å². The van der Waals surface area contributed by atoms with Crippen LogP contribution in [0, 0.1) is 13.8 Å². The molecule has 0 atom stereocenters. The second kappa shape index (κ2) is 5.55.